The van der Waals surface area contributed by atoms with Crippen molar-refractivity contribution in [2.75, 3.05) is 17.6 Å². The van der Waals surface area contributed by atoms with Crippen LogP contribution in [-0.4, -0.2) is 59.4 Å². The Hall–Kier alpha value is -2.80. The van der Waals surface area contributed by atoms with Crippen LogP contribution in [0.2, 0.25) is 0 Å². The first-order chi connectivity index (χ1) is 13.5. The van der Waals surface area contributed by atoms with Crippen LogP contribution >= 0.6 is 23.1 Å². The number of amides is 2. The van der Waals surface area contributed by atoms with Crippen molar-refractivity contribution < 1.29 is 14.1 Å². The lowest BCUT2D eigenvalue weighted by atomic mass is 10.2. The Balaban J connectivity index is 1.36. The molecule has 13 heteroatoms. The van der Waals surface area contributed by atoms with Crippen LogP contribution in [-0.2, 0) is 24.8 Å². The third kappa shape index (κ3) is 3.89. The molecule has 0 atom stereocenters. The summed E-state index contributed by atoms with van der Waals surface area (Å²) in [6.07, 6.45) is 0.646. The number of carbonyl (C=O) groups is 2. The van der Waals surface area contributed by atoms with Crippen molar-refractivity contribution >= 4 is 40.0 Å². The lowest BCUT2D eigenvalue weighted by Crippen LogP contribution is -2.36. The second-order valence-electron chi connectivity index (χ2n) is 6.10. The van der Waals surface area contributed by atoms with Gasteiger partial charge in [0.2, 0.25) is 11.1 Å². The fourth-order valence-corrected chi connectivity index (χ4v) is 4.43. The van der Waals surface area contributed by atoms with Gasteiger partial charge < -0.3 is 9.42 Å². The van der Waals surface area contributed by atoms with Gasteiger partial charge in [0.1, 0.15) is 5.76 Å². The molecule has 1 N–H and O–H groups in total. The lowest BCUT2D eigenvalue weighted by molar-refractivity contribution is -0.129. The van der Waals surface area contributed by atoms with Crippen LogP contribution in [0.1, 0.15) is 26.8 Å². The molecule has 146 valence electrons. The molecule has 0 unspecified atom stereocenters. The van der Waals surface area contributed by atoms with E-state index < -0.39 is 0 Å². The summed E-state index contributed by atoms with van der Waals surface area (Å²) in [4.78, 5) is 31.9. The average molecular weight is 420 g/mol. The van der Waals surface area contributed by atoms with Gasteiger partial charge in [-0.25, -0.2) is 9.67 Å². The van der Waals surface area contributed by atoms with E-state index in [0.29, 0.717) is 35.6 Å². The Morgan fingerprint density at radius 3 is 3.00 bits per heavy atom. The summed E-state index contributed by atoms with van der Waals surface area (Å²) in [7, 11) is 1.73. The van der Waals surface area contributed by atoms with Crippen LogP contribution in [0.4, 0.5) is 5.13 Å². The van der Waals surface area contributed by atoms with Gasteiger partial charge in [0.05, 0.1) is 18.0 Å². The molecule has 4 rings (SSSR count). The Morgan fingerprint density at radius 1 is 1.43 bits per heavy atom. The summed E-state index contributed by atoms with van der Waals surface area (Å²) in [5.74, 6) is 0.463. The van der Waals surface area contributed by atoms with Gasteiger partial charge in [0.15, 0.2) is 10.8 Å². The summed E-state index contributed by atoms with van der Waals surface area (Å²) in [5, 5.41) is 18.7. The molecule has 1 aliphatic heterocycles. The maximum atomic E-state index is 12.5. The number of nitrogens with one attached hydrogen (secondary N) is 1. The van der Waals surface area contributed by atoms with E-state index in [1.165, 1.54) is 27.8 Å². The number of fused-ring (bicyclic) bond motifs is 1. The summed E-state index contributed by atoms with van der Waals surface area (Å²) in [5.41, 5.74) is 1.11. The fraction of sp³-hybridized carbons (Fsp3) is 0.400. The minimum Gasteiger partial charge on any atom is -0.361 e. The van der Waals surface area contributed by atoms with E-state index >= 15 is 0 Å². The molecule has 0 saturated heterocycles. The lowest BCUT2D eigenvalue weighted by Gasteiger charge is -2.25. The van der Waals surface area contributed by atoms with Gasteiger partial charge in [0.25, 0.3) is 5.91 Å². The number of nitrogens with zero attached hydrogens (tertiary/aromatic N) is 7. The number of hydrogen-bond donors (Lipinski definition) is 1. The standard InChI is InChI=1S/C15H16N8O3S2/c1-8-5-10(19-26-8)13(25)17-14-16-9-3-4-23(6-11(9)28-14)12(24)7-27-15-18-20-21-22(15)2/h5H,3-4,6-7H2,1-2H3,(H,16,17,25). The quantitative estimate of drug-likeness (QED) is 0.598. The summed E-state index contributed by atoms with van der Waals surface area (Å²) in [6.45, 7) is 2.78. The Bertz CT molecular complexity index is 1030. The monoisotopic (exact) mass is 420 g/mol. The highest BCUT2D eigenvalue weighted by Gasteiger charge is 2.25. The zero-order chi connectivity index (χ0) is 19.7. The Labute approximate surface area is 167 Å². The molecule has 0 spiro atoms. The number of anilines is 1. The van der Waals surface area contributed by atoms with E-state index in [9.17, 15) is 9.59 Å². The van der Waals surface area contributed by atoms with Crippen LogP contribution in [0.25, 0.3) is 0 Å². The number of thiazole rings is 1. The summed E-state index contributed by atoms with van der Waals surface area (Å²) < 4.78 is 6.44. The summed E-state index contributed by atoms with van der Waals surface area (Å²) >= 11 is 2.67. The van der Waals surface area contributed by atoms with E-state index in [0.717, 1.165) is 10.6 Å². The first kappa shape index (κ1) is 18.6. The minimum absolute atomic E-state index is 0.00991. The first-order valence-corrected chi connectivity index (χ1v) is 10.2. The molecule has 28 heavy (non-hydrogen) atoms. The second kappa shape index (κ2) is 7.67. The molecule has 11 nitrogen and oxygen atoms in total. The SMILES string of the molecule is Cc1cc(C(=O)Nc2nc3c(s2)CN(C(=O)CSc2nnnn2C)CC3)no1. The van der Waals surface area contributed by atoms with Crippen molar-refractivity contribution in [1.82, 2.24) is 35.2 Å². The number of aromatic nitrogens is 6. The van der Waals surface area contributed by atoms with Gasteiger partial charge in [0, 0.05) is 31.0 Å². The van der Waals surface area contributed by atoms with Crippen molar-refractivity contribution in [2.24, 2.45) is 7.05 Å². The highest BCUT2D eigenvalue weighted by atomic mass is 32.2. The van der Waals surface area contributed by atoms with E-state index in [2.05, 4.69) is 31.0 Å². The van der Waals surface area contributed by atoms with Crippen LogP contribution < -0.4 is 5.32 Å². The van der Waals surface area contributed by atoms with E-state index in [4.69, 9.17) is 4.52 Å². The molecule has 0 aliphatic carbocycles. The summed E-state index contributed by atoms with van der Waals surface area (Å²) in [6, 6.07) is 1.56. The van der Waals surface area contributed by atoms with Crippen LogP contribution in [0.5, 0.6) is 0 Å². The highest BCUT2D eigenvalue weighted by molar-refractivity contribution is 7.99. The Kier molecular flexibility index (Phi) is 5.09. The highest BCUT2D eigenvalue weighted by Crippen LogP contribution is 2.29. The molecule has 0 saturated carbocycles. The molecule has 1 aliphatic rings. The zero-order valence-corrected chi connectivity index (χ0v) is 16.7. The molecule has 2 amide bonds. The fourth-order valence-electron chi connectivity index (χ4n) is 2.66. The van der Waals surface area contributed by atoms with Crippen LogP contribution in [0.15, 0.2) is 15.7 Å². The molecule has 3 aromatic heterocycles. The number of tetrazole rings is 1. The molecular formula is C15H16N8O3S2. The van der Waals surface area contributed by atoms with Gasteiger partial charge >= 0.3 is 0 Å². The maximum absolute atomic E-state index is 12.5. The second-order valence-corrected chi connectivity index (χ2v) is 8.13. The van der Waals surface area contributed by atoms with Crippen LogP contribution in [0, 0.1) is 6.92 Å². The number of aryl methyl sites for hydroxylation is 2. The topological polar surface area (TPSA) is 132 Å². The van der Waals surface area contributed by atoms with Crippen molar-refractivity contribution in [3.8, 4) is 0 Å². The van der Waals surface area contributed by atoms with Crippen molar-refractivity contribution in [3.63, 3.8) is 0 Å². The molecule has 0 bridgehead atoms. The third-order valence-corrected chi connectivity index (χ3v) is 6.06. The smallest absolute Gasteiger partial charge is 0.279 e. The molecule has 3 aromatic rings. The predicted molar refractivity (Wildman–Crippen MR) is 100.0 cm³/mol. The largest absolute Gasteiger partial charge is 0.361 e. The van der Waals surface area contributed by atoms with E-state index in [-0.39, 0.29) is 23.3 Å². The van der Waals surface area contributed by atoms with Crippen molar-refractivity contribution in [1.29, 1.82) is 0 Å². The number of carbonyl (C=O) groups excluding carboxylic acids is 2. The van der Waals surface area contributed by atoms with E-state index in [1.807, 2.05) is 0 Å². The van der Waals surface area contributed by atoms with Gasteiger partial charge in [-0.05, 0) is 17.4 Å². The number of thioether (sulfide) groups is 1. The minimum atomic E-state index is -0.371. The molecule has 0 radical (unpaired) electrons. The van der Waals surface area contributed by atoms with Gasteiger partial charge in [-0.3, -0.25) is 14.9 Å². The van der Waals surface area contributed by atoms with Gasteiger partial charge in [-0.1, -0.05) is 28.3 Å². The third-order valence-electron chi connectivity index (χ3n) is 4.07. The van der Waals surface area contributed by atoms with E-state index in [1.54, 1.807) is 24.9 Å². The normalized spacial score (nSPS) is 13.4. The zero-order valence-electron chi connectivity index (χ0n) is 15.1. The maximum Gasteiger partial charge on any atom is 0.279 e. The number of hydrogen-bond acceptors (Lipinski definition) is 10. The molecular weight excluding hydrogens is 404 g/mol. The van der Waals surface area contributed by atoms with Crippen molar-refractivity contribution in [2.45, 2.75) is 25.0 Å². The first-order valence-electron chi connectivity index (χ1n) is 8.36. The molecule has 0 fully saturated rings. The molecule has 0 aromatic carbocycles. The van der Waals surface area contributed by atoms with Crippen LogP contribution in [0.3, 0.4) is 0 Å². The number of rotatable bonds is 5. The Morgan fingerprint density at radius 2 is 2.29 bits per heavy atom. The average Bonchev–Trinajstić information content (AvgIpc) is 3.38. The van der Waals surface area contributed by atoms with Gasteiger partial charge in [-0.2, -0.15) is 0 Å². The van der Waals surface area contributed by atoms with Crippen molar-refractivity contribution in [3.05, 3.63) is 28.1 Å². The molecule has 4 heterocycles. The van der Waals surface area contributed by atoms with Gasteiger partial charge in [-0.15, -0.1) is 5.10 Å². The predicted octanol–water partition coefficient (Wildman–Crippen LogP) is 0.892.